The van der Waals surface area contributed by atoms with Gasteiger partial charge < -0.3 is 9.47 Å². The second-order valence-corrected chi connectivity index (χ2v) is 6.50. The number of hydrogen-bond acceptors (Lipinski definition) is 3. The van der Waals surface area contributed by atoms with Gasteiger partial charge in [-0.2, -0.15) is 0 Å². The van der Waals surface area contributed by atoms with Crippen molar-refractivity contribution in [3.8, 4) is 11.5 Å². The van der Waals surface area contributed by atoms with Crippen molar-refractivity contribution in [2.45, 2.75) is 79.8 Å². The van der Waals surface area contributed by atoms with Gasteiger partial charge in [0.15, 0.2) is 11.5 Å². The molecule has 3 nitrogen and oxygen atoms in total. The van der Waals surface area contributed by atoms with Crippen molar-refractivity contribution in [1.82, 2.24) is 4.90 Å². The third kappa shape index (κ3) is 7.57. The Balaban J connectivity index is 0.000000366. The molecule has 1 atom stereocenters. The van der Waals surface area contributed by atoms with Gasteiger partial charge >= 0.3 is 0 Å². The number of fused-ring (bicyclic) bond motifs is 1. The van der Waals surface area contributed by atoms with Crippen LogP contribution >= 0.6 is 0 Å². The molecule has 0 radical (unpaired) electrons. The molecule has 2 heterocycles. The van der Waals surface area contributed by atoms with Crippen LogP contribution in [0.5, 0.6) is 11.5 Å². The Labute approximate surface area is 150 Å². The SMILES string of the molecule is CC.CC.CC1CCCN1C(C)(C)C.c1ccc2c(c1)OCCO2. The number of rotatable bonds is 0. The van der Waals surface area contributed by atoms with Crippen LogP contribution in [0.25, 0.3) is 0 Å². The molecule has 0 saturated carbocycles. The maximum Gasteiger partial charge on any atom is 0.161 e. The average molecular weight is 338 g/mol. The topological polar surface area (TPSA) is 21.7 Å². The first-order chi connectivity index (χ1) is 11.5. The van der Waals surface area contributed by atoms with Crippen molar-refractivity contribution >= 4 is 0 Å². The van der Waals surface area contributed by atoms with E-state index in [0.717, 1.165) is 17.5 Å². The summed E-state index contributed by atoms with van der Waals surface area (Å²) in [6.07, 6.45) is 2.77. The quantitative estimate of drug-likeness (QED) is 0.599. The van der Waals surface area contributed by atoms with E-state index < -0.39 is 0 Å². The highest BCUT2D eigenvalue weighted by atomic mass is 16.6. The molecule has 1 aromatic carbocycles. The van der Waals surface area contributed by atoms with Crippen LogP contribution in [0.2, 0.25) is 0 Å². The van der Waals surface area contributed by atoms with Gasteiger partial charge in [0.2, 0.25) is 0 Å². The van der Waals surface area contributed by atoms with Crippen molar-refractivity contribution in [1.29, 1.82) is 0 Å². The molecule has 3 rings (SSSR count). The van der Waals surface area contributed by atoms with Crippen molar-refractivity contribution in [2.24, 2.45) is 0 Å². The van der Waals surface area contributed by atoms with Crippen LogP contribution in [0.15, 0.2) is 24.3 Å². The van der Waals surface area contributed by atoms with Crippen LogP contribution in [-0.4, -0.2) is 36.2 Å². The minimum Gasteiger partial charge on any atom is -0.486 e. The average Bonchev–Trinajstić information content (AvgIpc) is 3.06. The summed E-state index contributed by atoms with van der Waals surface area (Å²) >= 11 is 0. The van der Waals surface area contributed by atoms with Crippen molar-refractivity contribution in [3.05, 3.63) is 24.3 Å². The van der Waals surface area contributed by atoms with Gasteiger partial charge in [0, 0.05) is 11.6 Å². The second kappa shape index (κ2) is 12.2. The molecule has 0 aromatic heterocycles. The first-order valence-corrected chi connectivity index (χ1v) is 9.60. The van der Waals surface area contributed by atoms with E-state index in [9.17, 15) is 0 Å². The molecule has 0 aliphatic carbocycles. The number of para-hydroxylation sites is 2. The number of likely N-dealkylation sites (tertiary alicyclic amines) is 1. The molecule has 24 heavy (non-hydrogen) atoms. The zero-order valence-electron chi connectivity index (χ0n) is 17.2. The fourth-order valence-corrected chi connectivity index (χ4v) is 2.92. The standard InChI is InChI=1S/C9H19N.C8H8O2.2C2H6/c1-8-6-5-7-10(8)9(2,3)4;1-2-4-8-7(3-1)9-5-6-10-8;2*1-2/h8H,5-7H2,1-4H3;1-4H,5-6H2;2*1-2H3. The Morgan fingerprint density at radius 1 is 0.917 bits per heavy atom. The second-order valence-electron chi connectivity index (χ2n) is 6.50. The number of hydrogen-bond donors (Lipinski definition) is 0. The summed E-state index contributed by atoms with van der Waals surface area (Å²) in [5.41, 5.74) is 0.385. The lowest BCUT2D eigenvalue weighted by Gasteiger charge is -2.35. The van der Waals surface area contributed by atoms with Crippen molar-refractivity contribution in [3.63, 3.8) is 0 Å². The lowest BCUT2D eigenvalue weighted by Crippen LogP contribution is -2.43. The van der Waals surface area contributed by atoms with Gasteiger partial charge in [-0.25, -0.2) is 0 Å². The van der Waals surface area contributed by atoms with Crippen LogP contribution in [0.4, 0.5) is 0 Å². The van der Waals surface area contributed by atoms with E-state index in [4.69, 9.17) is 9.47 Å². The van der Waals surface area contributed by atoms with Gasteiger partial charge in [0.1, 0.15) is 13.2 Å². The normalized spacial score (nSPS) is 18.9. The van der Waals surface area contributed by atoms with E-state index in [0.29, 0.717) is 18.8 Å². The Morgan fingerprint density at radius 3 is 1.67 bits per heavy atom. The Morgan fingerprint density at radius 2 is 1.38 bits per heavy atom. The van der Waals surface area contributed by atoms with Crippen LogP contribution in [0.1, 0.15) is 68.2 Å². The van der Waals surface area contributed by atoms with Crippen LogP contribution < -0.4 is 9.47 Å². The van der Waals surface area contributed by atoms with E-state index in [2.05, 4.69) is 32.6 Å². The number of benzene rings is 1. The summed E-state index contributed by atoms with van der Waals surface area (Å²) < 4.78 is 10.6. The smallest absolute Gasteiger partial charge is 0.161 e. The van der Waals surface area contributed by atoms with Crippen LogP contribution in [0, 0.1) is 0 Å². The van der Waals surface area contributed by atoms with E-state index in [1.54, 1.807) is 0 Å². The molecular weight excluding hydrogens is 298 g/mol. The summed E-state index contributed by atoms with van der Waals surface area (Å²) in [6.45, 7) is 19.9. The predicted molar refractivity (Wildman–Crippen MR) is 105 cm³/mol. The Hall–Kier alpha value is -1.22. The predicted octanol–water partition coefficient (Wildman–Crippen LogP) is 5.78. The molecule has 1 fully saturated rings. The van der Waals surface area contributed by atoms with Crippen molar-refractivity contribution in [2.75, 3.05) is 19.8 Å². The van der Waals surface area contributed by atoms with Crippen molar-refractivity contribution < 1.29 is 9.47 Å². The molecule has 1 saturated heterocycles. The van der Waals surface area contributed by atoms with Crippen LogP contribution in [0.3, 0.4) is 0 Å². The van der Waals surface area contributed by atoms with Crippen LogP contribution in [-0.2, 0) is 0 Å². The molecule has 1 unspecified atom stereocenters. The van der Waals surface area contributed by atoms with Gasteiger partial charge in [0.25, 0.3) is 0 Å². The first kappa shape index (κ1) is 22.8. The molecule has 1 aromatic rings. The third-order valence-corrected chi connectivity index (χ3v) is 3.86. The van der Waals surface area contributed by atoms with Gasteiger partial charge in [-0.1, -0.05) is 39.8 Å². The maximum absolute atomic E-state index is 5.30. The maximum atomic E-state index is 5.30. The Bertz CT molecular complexity index is 401. The van der Waals surface area contributed by atoms with E-state index >= 15 is 0 Å². The summed E-state index contributed by atoms with van der Waals surface area (Å²) in [5.74, 6) is 1.71. The molecule has 0 spiro atoms. The highest BCUT2D eigenvalue weighted by molar-refractivity contribution is 5.40. The molecular formula is C21H39NO2. The van der Waals surface area contributed by atoms with Gasteiger partial charge in [-0.3, -0.25) is 4.90 Å². The lowest BCUT2D eigenvalue weighted by atomic mass is 10.1. The monoisotopic (exact) mass is 337 g/mol. The molecule has 0 N–H and O–H groups in total. The van der Waals surface area contributed by atoms with Gasteiger partial charge in [-0.05, 0) is 59.2 Å². The highest BCUT2D eigenvalue weighted by Crippen LogP contribution is 2.28. The van der Waals surface area contributed by atoms with Gasteiger partial charge in [-0.15, -0.1) is 0 Å². The van der Waals surface area contributed by atoms with E-state index in [1.807, 2.05) is 52.0 Å². The first-order valence-electron chi connectivity index (χ1n) is 9.60. The fraction of sp³-hybridized carbons (Fsp3) is 0.714. The number of nitrogens with zero attached hydrogens (tertiary/aromatic N) is 1. The lowest BCUT2D eigenvalue weighted by molar-refractivity contribution is 0.130. The zero-order valence-corrected chi connectivity index (χ0v) is 17.2. The largest absolute Gasteiger partial charge is 0.486 e. The summed E-state index contributed by atoms with van der Waals surface area (Å²) in [6, 6.07) is 8.50. The minimum atomic E-state index is 0.385. The summed E-state index contributed by atoms with van der Waals surface area (Å²) in [5, 5.41) is 0. The summed E-state index contributed by atoms with van der Waals surface area (Å²) in [4.78, 5) is 2.59. The van der Waals surface area contributed by atoms with E-state index in [1.165, 1.54) is 19.4 Å². The zero-order chi connectivity index (χ0) is 18.6. The Kier molecular flexibility index (Phi) is 11.6. The number of ether oxygens (including phenoxy) is 2. The fourth-order valence-electron chi connectivity index (χ4n) is 2.92. The summed E-state index contributed by atoms with van der Waals surface area (Å²) in [7, 11) is 0. The molecule has 0 bridgehead atoms. The molecule has 3 heteroatoms. The molecule has 2 aliphatic heterocycles. The molecule has 140 valence electrons. The minimum absolute atomic E-state index is 0.385. The molecule has 0 amide bonds. The third-order valence-electron chi connectivity index (χ3n) is 3.86. The van der Waals surface area contributed by atoms with Gasteiger partial charge in [0.05, 0.1) is 0 Å². The van der Waals surface area contributed by atoms with E-state index in [-0.39, 0.29) is 0 Å². The molecule has 2 aliphatic rings. The highest BCUT2D eigenvalue weighted by Gasteiger charge is 2.29.